The van der Waals surface area contributed by atoms with E-state index >= 15 is 0 Å². The fourth-order valence-electron chi connectivity index (χ4n) is 5.11. The molecule has 0 spiro atoms. The van der Waals surface area contributed by atoms with E-state index in [-0.39, 0.29) is 5.82 Å². The number of ether oxygens (including phenoxy) is 3. The average molecular weight is 539 g/mol. The van der Waals surface area contributed by atoms with Crippen molar-refractivity contribution < 1.29 is 28.2 Å². The SMILES string of the molecule is CC(OC(=O)c1c2c(nc3ccccc13)C(=Cc1ccc(F)cc1)CCC2)C(=O)Nc1ccc2c(c1)OCCO2. The molecule has 1 amide bonds. The summed E-state index contributed by atoms with van der Waals surface area (Å²) >= 11 is 0. The summed E-state index contributed by atoms with van der Waals surface area (Å²) in [4.78, 5) is 31.5. The molecule has 7 nitrogen and oxygen atoms in total. The van der Waals surface area contributed by atoms with E-state index in [1.165, 1.54) is 12.1 Å². The lowest BCUT2D eigenvalue weighted by Gasteiger charge is -2.23. The number of nitrogens with one attached hydrogen (secondary N) is 1. The highest BCUT2D eigenvalue weighted by atomic mass is 19.1. The normalized spacial score (nSPS) is 15.8. The van der Waals surface area contributed by atoms with Crippen LogP contribution in [0.15, 0.2) is 66.7 Å². The Morgan fingerprint density at radius 3 is 2.60 bits per heavy atom. The Morgan fingerprint density at radius 2 is 1.77 bits per heavy atom. The molecule has 4 aromatic rings. The van der Waals surface area contributed by atoms with E-state index < -0.39 is 18.0 Å². The first-order valence-electron chi connectivity index (χ1n) is 13.3. The Bertz CT molecular complexity index is 1650. The van der Waals surface area contributed by atoms with Gasteiger partial charge in [0.25, 0.3) is 5.91 Å². The number of anilines is 1. The van der Waals surface area contributed by atoms with E-state index in [2.05, 4.69) is 5.32 Å². The van der Waals surface area contributed by atoms with Crippen LogP contribution in [0.1, 0.15) is 46.9 Å². The van der Waals surface area contributed by atoms with Gasteiger partial charge < -0.3 is 19.5 Å². The molecule has 1 aliphatic heterocycles. The van der Waals surface area contributed by atoms with Crippen LogP contribution in [0.3, 0.4) is 0 Å². The molecule has 1 aromatic heterocycles. The van der Waals surface area contributed by atoms with Crippen LogP contribution in [0.5, 0.6) is 11.5 Å². The van der Waals surface area contributed by atoms with Gasteiger partial charge in [0.1, 0.15) is 19.0 Å². The smallest absolute Gasteiger partial charge is 0.339 e. The summed E-state index contributed by atoms with van der Waals surface area (Å²) in [6.07, 6.45) is 3.17. The number of rotatable bonds is 5. The molecule has 8 heteroatoms. The van der Waals surface area contributed by atoms with Crippen molar-refractivity contribution in [2.45, 2.75) is 32.3 Å². The van der Waals surface area contributed by atoms with Crippen molar-refractivity contribution in [3.63, 3.8) is 0 Å². The van der Waals surface area contributed by atoms with Gasteiger partial charge in [-0.05, 0) is 79.3 Å². The van der Waals surface area contributed by atoms with Gasteiger partial charge in [0.15, 0.2) is 17.6 Å². The summed E-state index contributed by atoms with van der Waals surface area (Å²) in [5, 5.41) is 3.46. The van der Waals surface area contributed by atoms with Crippen molar-refractivity contribution in [2.75, 3.05) is 18.5 Å². The Kier molecular flexibility index (Phi) is 6.90. The second kappa shape index (κ2) is 10.8. The zero-order chi connectivity index (χ0) is 27.6. The molecule has 1 N–H and O–H groups in total. The number of carbonyl (C=O) groups excluding carboxylic acids is 2. The maximum absolute atomic E-state index is 13.7. The highest BCUT2D eigenvalue weighted by Crippen LogP contribution is 2.37. The lowest BCUT2D eigenvalue weighted by atomic mass is 9.86. The Balaban J connectivity index is 1.29. The van der Waals surface area contributed by atoms with Crippen LogP contribution in [0.4, 0.5) is 10.1 Å². The summed E-state index contributed by atoms with van der Waals surface area (Å²) in [6, 6.07) is 18.8. The van der Waals surface area contributed by atoms with Crippen LogP contribution in [-0.4, -0.2) is 36.2 Å². The number of esters is 1. The Labute approximate surface area is 230 Å². The minimum absolute atomic E-state index is 0.299. The number of benzene rings is 3. The number of hydrogen-bond acceptors (Lipinski definition) is 6. The zero-order valence-corrected chi connectivity index (χ0v) is 21.9. The second-order valence-corrected chi connectivity index (χ2v) is 9.80. The molecular formula is C32H27FN2O5. The fraction of sp³-hybridized carbons (Fsp3) is 0.219. The van der Waals surface area contributed by atoms with E-state index in [1.54, 1.807) is 37.3 Å². The van der Waals surface area contributed by atoms with Crippen molar-refractivity contribution in [1.82, 2.24) is 4.98 Å². The van der Waals surface area contributed by atoms with Crippen LogP contribution in [0.25, 0.3) is 22.6 Å². The summed E-state index contributed by atoms with van der Waals surface area (Å²) in [5.41, 5.74) is 4.94. The van der Waals surface area contributed by atoms with Gasteiger partial charge in [0.05, 0.1) is 16.8 Å². The summed E-state index contributed by atoms with van der Waals surface area (Å²) in [5.74, 6) is -0.177. The minimum Gasteiger partial charge on any atom is -0.486 e. The Hall–Kier alpha value is -4.72. The molecule has 202 valence electrons. The van der Waals surface area contributed by atoms with Crippen molar-refractivity contribution >= 4 is 40.1 Å². The number of fused-ring (bicyclic) bond motifs is 3. The van der Waals surface area contributed by atoms with E-state index in [0.717, 1.165) is 35.2 Å². The first-order valence-corrected chi connectivity index (χ1v) is 13.3. The Morgan fingerprint density at radius 1 is 1.00 bits per heavy atom. The number of para-hydroxylation sites is 1. The lowest BCUT2D eigenvalue weighted by Crippen LogP contribution is -2.30. The second-order valence-electron chi connectivity index (χ2n) is 9.80. The summed E-state index contributed by atoms with van der Waals surface area (Å²) in [6.45, 7) is 2.45. The number of amides is 1. The number of nitrogens with zero attached hydrogens (tertiary/aromatic N) is 1. The third kappa shape index (κ3) is 5.12. The molecule has 2 aliphatic rings. The number of halogens is 1. The van der Waals surface area contributed by atoms with Crippen LogP contribution in [-0.2, 0) is 16.0 Å². The quantitative estimate of drug-likeness (QED) is 0.304. The minimum atomic E-state index is -1.05. The monoisotopic (exact) mass is 538 g/mol. The molecule has 1 atom stereocenters. The number of pyridine rings is 1. The molecule has 0 saturated carbocycles. The standard InChI is InChI=1S/C32H27FN2O5/c1-19(31(36)34-23-13-14-27-28(18-23)39-16-15-38-27)40-32(37)29-24-6-2-3-8-26(24)35-30-21(5-4-7-25(29)30)17-20-9-11-22(33)12-10-20/h2-3,6,8-14,17-19H,4-5,7,15-16H2,1H3,(H,34,36). The predicted octanol–water partition coefficient (Wildman–Crippen LogP) is 6.21. The summed E-state index contributed by atoms with van der Waals surface area (Å²) < 4.78 is 30.3. The topological polar surface area (TPSA) is 86.8 Å². The van der Waals surface area contributed by atoms with Gasteiger partial charge in [0, 0.05) is 17.1 Å². The molecule has 6 rings (SSSR count). The molecular weight excluding hydrogens is 511 g/mol. The molecule has 0 radical (unpaired) electrons. The number of carbonyl (C=O) groups is 2. The first-order chi connectivity index (χ1) is 19.5. The average Bonchev–Trinajstić information content (AvgIpc) is 2.97. The molecule has 1 aliphatic carbocycles. The lowest BCUT2D eigenvalue weighted by molar-refractivity contribution is -0.123. The van der Waals surface area contributed by atoms with E-state index in [1.807, 2.05) is 30.3 Å². The van der Waals surface area contributed by atoms with Gasteiger partial charge in [-0.1, -0.05) is 30.3 Å². The van der Waals surface area contributed by atoms with Gasteiger partial charge in [-0.2, -0.15) is 0 Å². The first kappa shape index (κ1) is 25.6. The summed E-state index contributed by atoms with van der Waals surface area (Å²) in [7, 11) is 0. The molecule has 0 saturated heterocycles. The van der Waals surface area contributed by atoms with E-state index in [0.29, 0.717) is 53.3 Å². The van der Waals surface area contributed by atoms with Crippen molar-refractivity contribution in [3.05, 3.63) is 94.9 Å². The van der Waals surface area contributed by atoms with Gasteiger partial charge >= 0.3 is 5.97 Å². The van der Waals surface area contributed by atoms with Gasteiger partial charge in [-0.3, -0.25) is 4.79 Å². The molecule has 0 fully saturated rings. The molecule has 3 aromatic carbocycles. The third-order valence-electron chi connectivity index (χ3n) is 7.05. The van der Waals surface area contributed by atoms with Gasteiger partial charge in [-0.15, -0.1) is 0 Å². The third-order valence-corrected chi connectivity index (χ3v) is 7.05. The highest BCUT2D eigenvalue weighted by Gasteiger charge is 2.28. The van der Waals surface area contributed by atoms with Crippen LogP contribution in [0, 0.1) is 5.82 Å². The van der Waals surface area contributed by atoms with Gasteiger partial charge in [-0.25, -0.2) is 14.2 Å². The highest BCUT2D eigenvalue weighted by molar-refractivity contribution is 6.07. The molecule has 0 bridgehead atoms. The molecule has 1 unspecified atom stereocenters. The van der Waals surface area contributed by atoms with Crippen molar-refractivity contribution in [1.29, 1.82) is 0 Å². The predicted molar refractivity (Wildman–Crippen MR) is 150 cm³/mol. The molecule has 40 heavy (non-hydrogen) atoms. The van der Waals surface area contributed by atoms with Crippen LogP contribution in [0.2, 0.25) is 0 Å². The number of allylic oxidation sites excluding steroid dienone is 1. The largest absolute Gasteiger partial charge is 0.486 e. The van der Waals surface area contributed by atoms with Crippen molar-refractivity contribution in [2.24, 2.45) is 0 Å². The van der Waals surface area contributed by atoms with E-state index in [9.17, 15) is 14.0 Å². The number of aromatic nitrogens is 1. The zero-order valence-electron chi connectivity index (χ0n) is 21.9. The fourth-order valence-corrected chi connectivity index (χ4v) is 5.11. The van der Waals surface area contributed by atoms with E-state index in [4.69, 9.17) is 19.2 Å². The van der Waals surface area contributed by atoms with Gasteiger partial charge in [0.2, 0.25) is 0 Å². The van der Waals surface area contributed by atoms with Crippen molar-refractivity contribution in [3.8, 4) is 11.5 Å². The number of hydrogen-bond donors (Lipinski definition) is 1. The molecule has 2 heterocycles. The van der Waals surface area contributed by atoms with Crippen LogP contribution < -0.4 is 14.8 Å². The van der Waals surface area contributed by atoms with Crippen LogP contribution >= 0.6 is 0 Å². The maximum Gasteiger partial charge on any atom is 0.339 e. The maximum atomic E-state index is 13.7.